The molecule has 0 unspecified atom stereocenters. The minimum atomic E-state index is -0.106. The average Bonchev–Trinajstić information content (AvgIpc) is 2.36. The van der Waals surface area contributed by atoms with Gasteiger partial charge in [-0.2, -0.15) is 0 Å². The van der Waals surface area contributed by atoms with Gasteiger partial charge in [0.25, 0.3) is 0 Å². The van der Waals surface area contributed by atoms with Crippen molar-refractivity contribution in [3.63, 3.8) is 0 Å². The van der Waals surface area contributed by atoms with Gasteiger partial charge in [-0.25, -0.2) is 0 Å². The van der Waals surface area contributed by atoms with Gasteiger partial charge in [-0.1, -0.05) is 67.0 Å². The van der Waals surface area contributed by atoms with Crippen LogP contribution < -0.4 is 0 Å². The molecule has 0 aromatic carbocycles. The molecule has 0 N–H and O–H groups in total. The molecule has 1 rings (SSSR count). The molecule has 0 spiro atoms. The van der Waals surface area contributed by atoms with Crippen LogP contribution in [-0.4, -0.2) is 17.5 Å². The first kappa shape index (κ1) is 20.4. The zero-order chi connectivity index (χ0) is 14.7. The molecule has 0 radical (unpaired) electrons. The van der Waals surface area contributed by atoms with Crippen molar-refractivity contribution in [3.05, 3.63) is 12.2 Å². The molecule has 1 aliphatic carbocycles. The summed E-state index contributed by atoms with van der Waals surface area (Å²) < 4.78 is 0. The Morgan fingerprint density at radius 3 is 1.95 bits per heavy atom. The second-order valence-electron chi connectivity index (χ2n) is 5.76. The Hall–Kier alpha value is 1.41. The van der Waals surface area contributed by atoms with Crippen molar-refractivity contribution in [2.24, 2.45) is 5.92 Å². The predicted octanol–water partition coefficient (Wildman–Crippen LogP) is 6.80. The van der Waals surface area contributed by atoms with E-state index in [0.29, 0.717) is 0 Å². The summed E-state index contributed by atoms with van der Waals surface area (Å²) in [6, 6.07) is 0. The van der Waals surface area contributed by atoms with E-state index >= 15 is 0 Å². The number of rotatable bonds is 5. The molecule has 0 aliphatic heterocycles. The van der Waals surface area contributed by atoms with Crippen molar-refractivity contribution < 1.29 is 15.9 Å². The quantitative estimate of drug-likeness (QED) is 0.262. The first-order valence-electron chi connectivity index (χ1n) is 7.27. The SMILES string of the molecule is CC(C)P(CC=CC1CCCCC1)C(C)C.[Cl][Pd][Cl]. The maximum atomic E-state index is 4.81. The molecule has 0 nitrogen and oxygen atoms in total. The summed E-state index contributed by atoms with van der Waals surface area (Å²) in [6.07, 6.45) is 13.6. The van der Waals surface area contributed by atoms with E-state index in [1.165, 1.54) is 38.3 Å². The van der Waals surface area contributed by atoms with E-state index in [1.807, 2.05) is 0 Å². The topological polar surface area (TPSA) is 0 Å². The average molecular weight is 418 g/mol. The van der Waals surface area contributed by atoms with Crippen LogP contribution in [0.15, 0.2) is 12.2 Å². The third-order valence-corrected chi connectivity index (χ3v) is 6.99. The van der Waals surface area contributed by atoms with Crippen molar-refractivity contribution in [2.45, 2.75) is 71.1 Å². The molecule has 1 saturated carbocycles. The molecule has 0 saturated heterocycles. The van der Waals surface area contributed by atoms with Gasteiger partial charge < -0.3 is 0 Å². The normalized spacial score (nSPS) is 17.5. The van der Waals surface area contributed by atoms with E-state index in [1.54, 1.807) is 0 Å². The zero-order valence-corrected chi connectivity index (χ0v) is 16.6. The Morgan fingerprint density at radius 1 is 1.05 bits per heavy atom. The van der Waals surface area contributed by atoms with Gasteiger partial charge in [-0.15, -0.1) is 0 Å². The molecule has 0 bridgehead atoms. The molecular weight excluding hydrogens is 388 g/mol. The summed E-state index contributed by atoms with van der Waals surface area (Å²) in [4.78, 5) is 0. The van der Waals surface area contributed by atoms with E-state index < -0.39 is 0 Å². The molecule has 0 amide bonds. The standard InChI is InChI=1S/C15H29P.2ClH.Pd/c1-13(2)16(14(3)4)12-8-11-15-9-6-5-7-10-15;;;/h8,11,13-15H,5-7,9-10,12H2,1-4H3;2*1H;/q;;;+2/p-2. The van der Waals surface area contributed by atoms with Gasteiger partial charge in [0, 0.05) is 0 Å². The monoisotopic (exact) mass is 416 g/mol. The van der Waals surface area contributed by atoms with Crippen LogP contribution >= 0.6 is 27.0 Å². The Labute approximate surface area is 137 Å². The Bertz CT molecular complexity index is 218. The Kier molecular flexibility index (Phi) is 14.1. The van der Waals surface area contributed by atoms with E-state index in [0.717, 1.165) is 17.2 Å². The summed E-state index contributed by atoms with van der Waals surface area (Å²) in [5.41, 5.74) is 1.76. The van der Waals surface area contributed by atoms with E-state index in [9.17, 15) is 0 Å². The summed E-state index contributed by atoms with van der Waals surface area (Å²) in [5.74, 6) is 0.907. The number of allylic oxidation sites excluding steroid dienone is 2. The van der Waals surface area contributed by atoms with Crippen molar-refractivity contribution in [3.8, 4) is 0 Å². The van der Waals surface area contributed by atoms with E-state index in [2.05, 4.69) is 39.8 Å². The van der Waals surface area contributed by atoms with Gasteiger partial charge in [0.15, 0.2) is 0 Å². The van der Waals surface area contributed by atoms with Gasteiger partial charge in [-0.3, -0.25) is 0 Å². The molecule has 4 heteroatoms. The fraction of sp³-hybridized carbons (Fsp3) is 0.867. The summed E-state index contributed by atoms with van der Waals surface area (Å²) in [7, 11) is 9.84. The van der Waals surface area contributed by atoms with Crippen molar-refractivity contribution in [1.29, 1.82) is 0 Å². The molecule has 118 valence electrons. The molecule has 19 heavy (non-hydrogen) atoms. The molecular formula is C15H29Cl2PPd. The van der Waals surface area contributed by atoms with Crippen LogP contribution in [0.1, 0.15) is 59.8 Å². The molecule has 0 heterocycles. The van der Waals surface area contributed by atoms with Crippen LogP contribution in [0, 0.1) is 5.92 Å². The fourth-order valence-electron chi connectivity index (χ4n) is 2.72. The zero-order valence-electron chi connectivity index (χ0n) is 12.6. The van der Waals surface area contributed by atoms with Crippen LogP contribution in [0.5, 0.6) is 0 Å². The Balaban J connectivity index is 0.000000982. The van der Waals surface area contributed by atoms with E-state index in [4.69, 9.17) is 19.1 Å². The van der Waals surface area contributed by atoms with Crippen molar-refractivity contribution in [2.75, 3.05) is 6.16 Å². The molecule has 0 atom stereocenters. The van der Waals surface area contributed by atoms with Gasteiger partial charge in [0.05, 0.1) is 0 Å². The molecule has 0 aromatic heterocycles. The third-order valence-electron chi connectivity index (χ3n) is 3.70. The summed E-state index contributed by atoms with van der Waals surface area (Å²) in [5, 5.41) is 0. The number of hydrogen-bond donors (Lipinski definition) is 0. The van der Waals surface area contributed by atoms with Gasteiger partial charge in [0.2, 0.25) is 0 Å². The fourth-order valence-corrected chi connectivity index (χ4v) is 5.12. The van der Waals surface area contributed by atoms with Crippen LogP contribution in [0.3, 0.4) is 0 Å². The first-order valence-corrected chi connectivity index (χ1v) is 12.9. The summed E-state index contributed by atoms with van der Waals surface area (Å²) in [6.45, 7) is 9.56. The van der Waals surface area contributed by atoms with Crippen LogP contribution in [-0.2, 0) is 15.9 Å². The van der Waals surface area contributed by atoms with E-state index in [-0.39, 0.29) is 23.9 Å². The second kappa shape index (κ2) is 13.1. The van der Waals surface area contributed by atoms with Crippen LogP contribution in [0.2, 0.25) is 0 Å². The van der Waals surface area contributed by atoms with Crippen LogP contribution in [0.25, 0.3) is 0 Å². The van der Waals surface area contributed by atoms with Gasteiger partial charge in [-0.05, 0) is 36.2 Å². The van der Waals surface area contributed by atoms with Crippen LogP contribution in [0.4, 0.5) is 0 Å². The van der Waals surface area contributed by atoms with Crippen molar-refractivity contribution >= 4 is 27.0 Å². The molecule has 1 aliphatic rings. The summed E-state index contributed by atoms with van der Waals surface area (Å²) >= 11 is -0.106. The van der Waals surface area contributed by atoms with Crippen molar-refractivity contribution in [1.82, 2.24) is 0 Å². The first-order chi connectivity index (χ1) is 9.02. The number of halogens is 2. The molecule has 0 aromatic rings. The predicted molar refractivity (Wildman–Crippen MR) is 89.5 cm³/mol. The third kappa shape index (κ3) is 10.7. The Morgan fingerprint density at radius 2 is 1.53 bits per heavy atom. The minimum absolute atomic E-state index is 0.106. The van der Waals surface area contributed by atoms with Gasteiger partial charge >= 0.3 is 35.0 Å². The number of hydrogen-bond acceptors (Lipinski definition) is 0. The van der Waals surface area contributed by atoms with Gasteiger partial charge in [0.1, 0.15) is 0 Å². The second-order valence-corrected chi connectivity index (χ2v) is 11.6. The molecule has 1 fully saturated rings. The maximum absolute atomic E-state index is 4.81.